The molecule has 1 aliphatic rings. The van der Waals surface area contributed by atoms with Crippen LogP contribution in [0.5, 0.6) is 0 Å². The molecule has 116 valence electrons. The van der Waals surface area contributed by atoms with E-state index in [1.165, 1.54) is 17.1 Å². The van der Waals surface area contributed by atoms with Gasteiger partial charge in [0.1, 0.15) is 11.7 Å². The van der Waals surface area contributed by atoms with Gasteiger partial charge in [-0.2, -0.15) is 10.1 Å². The lowest BCUT2D eigenvalue weighted by Crippen LogP contribution is -2.33. The number of carbonyl (C=O) groups is 2. The summed E-state index contributed by atoms with van der Waals surface area (Å²) in [5, 5.41) is 5.48. The molecule has 2 aromatic rings. The molecule has 2 aromatic carbocycles. The highest BCUT2D eigenvalue weighted by Crippen LogP contribution is 2.25. The Balaban J connectivity index is 1.78. The van der Waals surface area contributed by atoms with Crippen molar-refractivity contribution < 1.29 is 14.0 Å². The first-order valence-electron chi connectivity index (χ1n) is 7.27. The number of halogens is 1. The van der Waals surface area contributed by atoms with E-state index in [0.717, 1.165) is 0 Å². The van der Waals surface area contributed by atoms with Crippen LogP contribution in [0, 0.1) is 11.7 Å². The van der Waals surface area contributed by atoms with Gasteiger partial charge in [-0.1, -0.05) is 30.3 Å². The minimum Gasteiger partial charge on any atom is -0.298 e. The average molecular weight is 310 g/mol. The highest BCUT2D eigenvalue weighted by atomic mass is 19.1. The Labute approximate surface area is 133 Å². The van der Waals surface area contributed by atoms with Gasteiger partial charge in [0.2, 0.25) is 0 Å². The van der Waals surface area contributed by atoms with Crippen molar-refractivity contribution in [2.45, 2.75) is 13.3 Å². The quantitative estimate of drug-likeness (QED) is 0.815. The van der Waals surface area contributed by atoms with Crippen LogP contribution in [0.4, 0.5) is 10.1 Å². The number of carbonyl (C=O) groups excluding carboxylic acids is 2. The van der Waals surface area contributed by atoms with Gasteiger partial charge in [0.15, 0.2) is 5.78 Å². The topological polar surface area (TPSA) is 49.7 Å². The smallest absolute Gasteiger partial charge is 0.263 e. The lowest BCUT2D eigenvalue weighted by molar-refractivity contribution is -0.128. The Kier molecular flexibility index (Phi) is 4.02. The number of hydrogen-bond acceptors (Lipinski definition) is 3. The third-order valence-electron chi connectivity index (χ3n) is 3.75. The molecule has 1 aliphatic heterocycles. The van der Waals surface area contributed by atoms with Crippen LogP contribution in [-0.4, -0.2) is 17.4 Å². The predicted octanol–water partition coefficient (Wildman–Crippen LogP) is 2.98. The molecule has 1 unspecified atom stereocenters. The van der Waals surface area contributed by atoms with E-state index < -0.39 is 5.92 Å². The Morgan fingerprint density at radius 2 is 1.78 bits per heavy atom. The maximum atomic E-state index is 12.9. The van der Waals surface area contributed by atoms with Crippen molar-refractivity contribution in [2.24, 2.45) is 11.0 Å². The van der Waals surface area contributed by atoms with Gasteiger partial charge in [-0.05, 0) is 36.8 Å². The second kappa shape index (κ2) is 6.12. The maximum Gasteiger partial charge on any atom is 0.263 e. The van der Waals surface area contributed by atoms with E-state index >= 15 is 0 Å². The Bertz CT molecular complexity index is 769. The molecule has 0 aliphatic carbocycles. The molecule has 5 heteroatoms. The molecule has 0 saturated heterocycles. The van der Waals surface area contributed by atoms with Crippen molar-refractivity contribution in [3.05, 3.63) is 66.0 Å². The summed E-state index contributed by atoms with van der Waals surface area (Å²) in [5.74, 6) is -1.81. The highest BCUT2D eigenvalue weighted by molar-refractivity contribution is 6.27. The monoisotopic (exact) mass is 310 g/mol. The van der Waals surface area contributed by atoms with Crippen molar-refractivity contribution in [1.29, 1.82) is 0 Å². The molecule has 0 saturated carbocycles. The zero-order chi connectivity index (χ0) is 16.4. The van der Waals surface area contributed by atoms with Crippen LogP contribution < -0.4 is 5.01 Å². The zero-order valence-electron chi connectivity index (χ0n) is 12.6. The number of Topliss-reactive ketones (excluding diaryl/α,β-unsaturated/α-hetero) is 1. The Morgan fingerprint density at radius 3 is 2.43 bits per heavy atom. The first kappa shape index (κ1) is 15.1. The number of benzene rings is 2. The predicted molar refractivity (Wildman–Crippen MR) is 85.6 cm³/mol. The number of ketones is 1. The summed E-state index contributed by atoms with van der Waals surface area (Å²) in [6.45, 7) is 1.67. The van der Waals surface area contributed by atoms with Crippen molar-refractivity contribution in [1.82, 2.24) is 0 Å². The number of anilines is 1. The summed E-state index contributed by atoms with van der Waals surface area (Å²) in [6, 6.07) is 14.7. The van der Waals surface area contributed by atoms with Crippen LogP contribution in [0.3, 0.4) is 0 Å². The third kappa shape index (κ3) is 3.04. The van der Waals surface area contributed by atoms with Gasteiger partial charge in [-0.25, -0.2) is 4.39 Å². The van der Waals surface area contributed by atoms with Gasteiger partial charge in [-0.3, -0.25) is 9.59 Å². The molecule has 0 radical (unpaired) electrons. The summed E-state index contributed by atoms with van der Waals surface area (Å²) in [7, 11) is 0. The van der Waals surface area contributed by atoms with Crippen LogP contribution in [-0.2, 0) is 16.0 Å². The number of amides is 1. The fourth-order valence-corrected chi connectivity index (χ4v) is 2.60. The van der Waals surface area contributed by atoms with Crippen LogP contribution in [0.1, 0.15) is 12.5 Å². The molecule has 23 heavy (non-hydrogen) atoms. The van der Waals surface area contributed by atoms with E-state index in [1.807, 2.05) is 6.07 Å². The fourth-order valence-electron chi connectivity index (χ4n) is 2.60. The molecule has 1 heterocycles. The second-order valence-electron chi connectivity index (χ2n) is 5.43. The summed E-state index contributed by atoms with van der Waals surface area (Å²) >= 11 is 0. The van der Waals surface area contributed by atoms with Crippen molar-refractivity contribution in [3.8, 4) is 0 Å². The number of hydrogen-bond donors (Lipinski definition) is 0. The molecule has 0 bridgehead atoms. The minimum atomic E-state index is -0.875. The van der Waals surface area contributed by atoms with Crippen LogP contribution >= 0.6 is 0 Å². The van der Waals surface area contributed by atoms with E-state index in [0.29, 0.717) is 17.0 Å². The number of rotatable bonds is 4. The summed E-state index contributed by atoms with van der Waals surface area (Å²) in [5.41, 5.74) is 1.79. The normalized spacial score (nSPS) is 17.3. The van der Waals surface area contributed by atoms with Gasteiger partial charge in [0.05, 0.1) is 11.4 Å². The average Bonchev–Trinajstić information content (AvgIpc) is 2.85. The largest absolute Gasteiger partial charge is 0.298 e. The van der Waals surface area contributed by atoms with Gasteiger partial charge < -0.3 is 0 Å². The van der Waals surface area contributed by atoms with E-state index in [-0.39, 0.29) is 23.9 Å². The zero-order valence-corrected chi connectivity index (χ0v) is 12.6. The lowest BCUT2D eigenvalue weighted by atomic mass is 9.94. The molecule has 0 fully saturated rings. The third-order valence-corrected chi connectivity index (χ3v) is 3.75. The number of nitrogens with zero attached hydrogens (tertiary/aromatic N) is 2. The van der Waals surface area contributed by atoms with Crippen molar-refractivity contribution in [3.63, 3.8) is 0 Å². The first-order valence-corrected chi connectivity index (χ1v) is 7.27. The van der Waals surface area contributed by atoms with E-state index in [4.69, 9.17) is 0 Å². The molecule has 3 rings (SSSR count). The summed E-state index contributed by atoms with van der Waals surface area (Å²) in [6.07, 6.45) is 0.0756. The van der Waals surface area contributed by atoms with E-state index in [1.54, 1.807) is 43.3 Å². The molecule has 1 atom stereocenters. The number of hydrazone groups is 1. The molecular formula is C18H15FN2O2. The van der Waals surface area contributed by atoms with Crippen molar-refractivity contribution >= 4 is 23.1 Å². The molecule has 0 aromatic heterocycles. The summed E-state index contributed by atoms with van der Waals surface area (Å²) in [4.78, 5) is 25.0. The fraction of sp³-hybridized carbons (Fsp3) is 0.167. The first-order chi connectivity index (χ1) is 11.1. The minimum absolute atomic E-state index is 0.0756. The van der Waals surface area contributed by atoms with Crippen LogP contribution in [0.25, 0.3) is 0 Å². The van der Waals surface area contributed by atoms with Crippen molar-refractivity contribution in [2.75, 3.05) is 5.01 Å². The second-order valence-corrected chi connectivity index (χ2v) is 5.43. The highest BCUT2D eigenvalue weighted by Gasteiger charge is 2.39. The molecule has 1 amide bonds. The Morgan fingerprint density at radius 1 is 1.13 bits per heavy atom. The molecule has 0 N–H and O–H groups in total. The van der Waals surface area contributed by atoms with Crippen LogP contribution in [0.2, 0.25) is 0 Å². The maximum absolute atomic E-state index is 12.9. The SMILES string of the molecule is CC1=NN(c2ccccc2)C(=O)C1C(=O)Cc1ccc(F)cc1. The van der Waals surface area contributed by atoms with Crippen LogP contribution in [0.15, 0.2) is 59.7 Å². The Hall–Kier alpha value is -2.82. The van der Waals surface area contributed by atoms with E-state index in [9.17, 15) is 14.0 Å². The molecular weight excluding hydrogens is 295 g/mol. The molecule has 0 spiro atoms. The van der Waals surface area contributed by atoms with Gasteiger partial charge in [0.25, 0.3) is 5.91 Å². The number of para-hydroxylation sites is 1. The molecule has 4 nitrogen and oxygen atoms in total. The van der Waals surface area contributed by atoms with Gasteiger partial charge >= 0.3 is 0 Å². The lowest BCUT2D eigenvalue weighted by Gasteiger charge is -2.13. The van der Waals surface area contributed by atoms with E-state index in [2.05, 4.69) is 5.10 Å². The van der Waals surface area contributed by atoms with Gasteiger partial charge in [0, 0.05) is 6.42 Å². The standard InChI is InChI=1S/C18H15FN2O2/c1-12-17(16(22)11-13-7-9-14(19)10-8-13)18(23)21(20-12)15-5-3-2-4-6-15/h2-10,17H,11H2,1H3. The summed E-state index contributed by atoms with van der Waals surface area (Å²) < 4.78 is 12.9. The van der Waals surface area contributed by atoms with Gasteiger partial charge in [-0.15, -0.1) is 0 Å².